The maximum atomic E-state index is 14.1. The van der Waals surface area contributed by atoms with E-state index in [0.717, 1.165) is 37.4 Å². The zero-order valence-corrected chi connectivity index (χ0v) is 11.1. The molecule has 1 fully saturated rings. The van der Waals surface area contributed by atoms with Crippen LogP contribution < -0.4 is 10.2 Å². The third-order valence-electron chi connectivity index (χ3n) is 3.21. The highest BCUT2D eigenvalue weighted by molar-refractivity contribution is 5.55. The number of rotatable bonds is 3. The molecule has 3 nitrogen and oxygen atoms in total. The van der Waals surface area contributed by atoms with E-state index in [-0.39, 0.29) is 11.9 Å². The summed E-state index contributed by atoms with van der Waals surface area (Å²) in [6.07, 6.45) is 1.09. The second-order valence-electron chi connectivity index (χ2n) is 4.76. The van der Waals surface area contributed by atoms with Gasteiger partial charge in [0.2, 0.25) is 0 Å². The number of nitrogens with zero attached hydrogens (tertiary/aromatic N) is 1. The van der Waals surface area contributed by atoms with Crippen molar-refractivity contribution in [2.24, 2.45) is 0 Å². The van der Waals surface area contributed by atoms with Crippen LogP contribution in [0.1, 0.15) is 18.9 Å². The van der Waals surface area contributed by atoms with Gasteiger partial charge >= 0.3 is 0 Å². The van der Waals surface area contributed by atoms with Gasteiger partial charge in [-0.2, -0.15) is 0 Å². The number of halogens is 1. The largest absolute Gasteiger partial charge is 0.377 e. The van der Waals surface area contributed by atoms with Gasteiger partial charge in [0.05, 0.1) is 11.8 Å². The van der Waals surface area contributed by atoms with Gasteiger partial charge in [0.25, 0.3) is 0 Å². The minimum absolute atomic E-state index is 0.142. The van der Waals surface area contributed by atoms with Gasteiger partial charge in [0.15, 0.2) is 0 Å². The molecular formula is C14H21FN2O. The first-order valence-electron chi connectivity index (χ1n) is 6.51. The summed E-state index contributed by atoms with van der Waals surface area (Å²) in [7, 11) is 1.88. The summed E-state index contributed by atoms with van der Waals surface area (Å²) in [6, 6.07) is 5.28. The van der Waals surface area contributed by atoms with Crippen LogP contribution in [0.15, 0.2) is 18.2 Å². The van der Waals surface area contributed by atoms with Gasteiger partial charge in [-0.3, -0.25) is 0 Å². The lowest BCUT2D eigenvalue weighted by Crippen LogP contribution is -2.32. The van der Waals surface area contributed by atoms with Gasteiger partial charge in [-0.1, -0.05) is 12.1 Å². The normalized spacial score (nSPS) is 20.8. The third-order valence-corrected chi connectivity index (χ3v) is 3.21. The Bertz CT molecular complexity index is 397. The Kier molecular flexibility index (Phi) is 4.55. The van der Waals surface area contributed by atoms with Gasteiger partial charge in [-0.05, 0) is 32.0 Å². The van der Waals surface area contributed by atoms with Gasteiger partial charge in [-0.25, -0.2) is 4.39 Å². The van der Waals surface area contributed by atoms with E-state index in [9.17, 15) is 4.39 Å². The van der Waals surface area contributed by atoms with Gasteiger partial charge in [0, 0.05) is 26.2 Å². The van der Waals surface area contributed by atoms with Crippen molar-refractivity contribution < 1.29 is 9.13 Å². The lowest BCUT2D eigenvalue weighted by Gasteiger charge is -2.27. The fourth-order valence-electron chi connectivity index (χ4n) is 2.44. The highest BCUT2D eigenvalue weighted by Gasteiger charge is 2.20. The molecule has 1 aliphatic heterocycles. The zero-order valence-electron chi connectivity index (χ0n) is 11.1. The summed E-state index contributed by atoms with van der Waals surface area (Å²) in [6.45, 7) is 5.07. The quantitative estimate of drug-likeness (QED) is 0.892. The monoisotopic (exact) mass is 252 g/mol. The second-order valence-corrected chi connectivity index (χ2v) is 4.76. The molecule has 0 radical (unpaired) electrons. The van der Waals surface area contributed by atoms with Crippen molar-refractivity contribution in [1.29, 1.82) is 0 Å². The smallest absolute Gasteiger partial charge is 0.146 e. The Hall–Kier alpha value is -1.13. The first-order chi connectivity index (χ1) is 8.72. The predicted octanol–water partition coefficient (Wildman–Crippen LogP) is 2.16. The first kappa shape index (κ1) is 13.3. The highest BCUT2D eigenvalue weighted by atomic mass is 19.1. The van der Waals surface area contributed by atoms with Crippen LogP contribution in [0, 0.1) is 5.82 Å². The summed E-state index contributed by atoms with van der Waals surface area (Å²) in [4.78, 5) is 2.11. The summed E-state index contributed by atoms with van der Waals surface area (Å²) >= 11 is 0. The van der Waals surface area contributed by atoms with E-state index in [2.05, 4.69) is 10.2 Å². The third kappa shape index (κ3) is 3.00. The molecule has 1 N–H and O–H groups in total. The Labute approximate surface area is 108 Å². The van der Waals surface area contributed by atoms with E-state index in [1.165, 1.54) is 6.07 Å². The molecular weight excluding hydrogens is 231 g/mol. The van der Waals surface area contributed by atoms with E-state index in [4.69, 9.17) is 4.74 Å². The van der Waals surface area contributed by atoms with Gasteiger partial charge in [0.1, 0.15) is 5.82 Å². The number of para-hydroxylation sites is 1. The maximum Gasteiger partial charge on any atom is 0.146 e. The van der Waals surface area contributed by atoms with E-state index < -0.39 is 0 Å². The molecule has 1 aromatic carbocycles. The molecule has 1 atom stereocenters. The zero-order chi connectivity index (χ0) is 13.0. The lowest BCUT2D eigenvalue weighted by molar-refractivity contribution is 0.0820. The van der Waals surface area contributed by atoms with E-state index >= 15 is 0 Å². The lowest BCUT2D eigenvalue weighted by atomic mass is 10.1. The molecule has 1 aromatic rings. The number of benzene rings is 1. The van der Waals surface area contributed by atoms with Crippen LogP contribution in [-0.4, -0.2) is 32.8 Å². The molecule has 100 valence electrons. The van der Waals surface area contributed by atoms with Gasteiger partial charge < -0.3 is 15.0 Å². The minimum atomic E-state index is -0.142. The molecule has 0 bridgehead atoms. The van der Waals surface area contributed by atoms with Crippen molar-refractivity contribution in [3.63, 3.8) is 0 Å². The topological polar surface area (TPSA) is 24.5 Å². The van der Waals surface area contributed by atoms with Crippen LogP contribution in [0.3, 0.4) is 0 Å². The fraction of sp³-hybridized carbons (Fsp3) is 0.571. The fourth-order valence-corrected chi connectivity index (χ4v) is 2.44. The number of hydrogen-bond acceptors (Lipinski definition) is 3. The molecule has 18 heavy (non-hydrogen) atoms. The Morgan fingerprint density at radius 3 is 3.11 bits per heavy atom. The molecule has 1 heterocycles. The molecule has 1 unspecified atom stereocenters. The van der Waals surface area contributed by atoms with Crippen LogP contribution in [0.2, 0.25) is 0 Å². The Morgan fingerprint density at radius 2 is 2.33 bits per heavy atom. The van der Waals surface area contributed by atoms with E-state index in [1.807, 2.05) is 20.0 Å². The van der Waals surface area contributed by atoms with E-state index in [1.54, 1.807) is 6.07 Å². The number of ether oxygens (including phenoxy) is 1. The molecule has 2 rings (SSSR count). The molecule has 0 spiro atoms. The van der Waals surface area contributed by atoms with Crippen molar-refractivity contribution in [3.8, 4) is 0 Å². The van der Waals surface area contributed by atoms with Crippen LogP contribution in [0.4, 0.5) is 10.1 Å². The van der Waals surface area contributed by atoms with Crippen molar-refractivity contribution in [1.82, 2.24) is 5.32 Å². The van der Waals surface area contributed by atoms with Crippen molar-refractivity contribution >= 4 is 5.69 Å². The summed E-state index contributed by atoms with van der Waals surface area (Å²) < 4.78 is 19.7. The SMILES string of the molecule is CNCc1cccc(F)c1N1CCCOC(C)C1. The minimum Gasteiger partial charge on any atom is -0.377 e. The molecule has 1 aliphatic rings. The Balaban J connectivity index is 2.29. The standard InChI is InChI=1S/C14H21FN2O/c1-11-10-17(7-4-8-18-11)14-12(9-16-2)5-3-6-13(14)15/h3,5-6,11,16H,4,7-10H2,1-2H3. The average Bonchev–Trinajstić information content (AvgIpc) is 2.54. The molecule has 4 heteroatoms. The van der Waals surface area contributed by atoms with Crippen LogP contribution in [0.25, 0.3) is 0 Å². The number of anilines is 1. The molecule has 1 saturated heterocycles. The van der Waals surface area contributed by atoms with Crippen molar-refractivity contribution in [3.05, 3.63) is 29.6 Å². The Morgan fingerprint density at radius 1 is 1.50 bits per heavy atom. The van der Waals surface area contributed by atoms with Crippen LogP contribution in [-0.2, 0) is 11.3 Å². The molecule has 0 aliphatic carbocycles. The number of hydrogen-bond donors (Lipinski definition) is 1. The highest BCUT2D eigenvalue weighted by Crippen LogP contribution is 2.26. The first-order valence-corrected chi connectivity index (χ1v) is 6.51. The number of nitrogens with one attached hydrogen (secondary N) is 1. The van der Waals surface area contributed by atoms with Gasteiger partial charge in [-0.15, -0.1) is 0 Å². The summed E-state index contributed by atoms with van der Waals surface area (Å²) in [5, 5.41) is 3.09. The predicted molar refractivity (Wildman–Crippen MR) is 71.4 cm³/mol. The molecule has 0 saturated carbocycles. The maximum absolute atomic E-state index is 14.1. The summed E-state index contributed by atoms with van der Waals surface area (Å²) in [5.74, 6) is -0.142. The average molecular weight is 252 g/mol. The van der Waals surface area contributed by atoms with Crippen LogP contribution in [0.5, 0.6) is 0 Å². The van der Waals surface area contributed by atoms with Crippen molar-refractivity contribution in [2.75, 3.05) is 31.6 Å². The molecule has 0 aromatic heterocycles. The second kappa shape index (κ2) is 6.16. The summed E-state index contributed by atoms with van der Waals surface area (Å²) in [5.41, 5.74) is 1.73. The van der Waals surface area contributed by atoms with E-state index in [0.29, 0.717) is 6.54 Å². The van der Waals surface area contributed by atoms with Crippen LogP contribution >= 0.6 is 0 Å². The van der Waals surface area contributed by atoms with Crippen molar-refractivity contribution in [2.45, 2.75) is 26.0 Å². The molecule has 0 amide bonds.